The summed E-state index contributed by atoms with van der Waals surface area (Å²) in [6.07, 6.45) is 1.40. The van der Waals surface area contributed by atoms with Crippen molar-refractivity contribution >= 4 is 39.0 Å². The molecule has 0 aliphatic carbocycles. The monoisotopic (exact) mass is 350 g/mol. The fourth-order valence-corrected chi connectivity index (χ4v) is 2.54. The Labute approximate surface area is 131 Å². The summed E-state index contributed by atoms with van der Waals surface area (Å²) >= 11 is 9.47. The first kappa shape index (κ1) is 14.8. The average molecular weight is 352 g/mol. The largest absolute Gasteiger partial charge is 0.339 e. The molecule has 0 aliphatic heterocycles. The van der Waals surface area contributed by atoms with Crippen LogP contribution in [-0.2, 0) is 0 Å². The molecule has 2 aromatic rings. The molecule has 0 saturated carbocycles. The van der Waals surface area contributed by atoms with Gasteiger partial charge in [-0.05, 0) is 24.1 Å². The third-order valence-electron chi connectivity index (χ3n) is 2.77. The number of nitrogens with one attached hydrogen (secondary N) is 1. The van der Waals surface area contributed by atoms with Gasteiger partial charge in [0.25, 0.3) is 0 Å². The second-order valence-corrected chi connectivity index (χ2v) is 5.78. The Balaban J connectivity index is 2.46. The number of rotatable bonds is 3. The maximum atomic E-state index is 9.18. The van der Waals surface area contributed by atoms with E-state index in [1.807, 2.05) is 26.0 Å². The molecule has 6 heteroatoms. The fraction of sp³-hybridized carbons (Fsp3) is 0.214. The molecule has 0 amide bonds. The predicted octanol–water partition coefficient (Wildman–Crippen LogP) is 4.63. The topological polar surface area (TPSA) is 61.6 Å². The van der Waals surface area contributed by atoms with Crippen LogP contribution in [0.2, 0.25) is 5.15 Å². The lowest BCUT2D eigenvalue weighted by Gasteiger charge is -2.15. The molecule has 0 unspecified atom stereocenters. The van der Waals surface area contributed by atoms with E-state index in [4.69, 9.17) is 11.6 Å². The number of nitrogens with zero attached hydrogens (tertiary/aromatic N) is 3. The first-order valence-corrected chi connectivity index (χ1v) is 7.17. The summed E-state index contributed by atoms with van der Waals surface area (Å²) in [4.78, 5) is 8.23. The van der Waals surface area contributed by atoms with E-state index in [9.17, 15) is 5.26 Å². The Kier molecular flexibility index (Phi) is 4.58. The summed E-state index contributed by atoms with van der Waals surface area (Å²) in [7, 11) is 0. The van der Waals surface area contributed by atoms with Crippen LogP contribution in [0.3, 0.4) is 0 Å². The number of nitriles is 1. The molecule has 0 atom stereocenters. The van der Waals surface area contributed by atoms with Gasteiger partial charge in [-0.1, -0.05) is 41.4 Å². The van der Waals surface area contributed by atoms with Crippen LogP contribution in [0.15, 0.2) is 29.0 Å². The number of hydrogen-bond acceptors (Lipinski definition) is 4. The van der Waals surface area contributed by atoms with E-state index in [-0.39, 0.29) is 5.92 Å². The minimum Gasteiger partial charge on any atom is -0.339 e. The summed E-state index contributed by atoms with van der Waals surface area (Å²) in [6, 6.07) is 7.59. The maximum absolute atomic E-state index is 9.18. The molecule has 0 radical (unpaired) electrons. The molecule has 1 heterocycles. The van der Waals surface area contributed by atoms with Gasteiger partial charge in [-0.2, -0.15) is 5.26 Å². The van der Waals surface area contributed by atoms with Crippen molar-refractivity contribution < 1.29 is 0 Å². The summed E-state index contributed by atoms with van der Waals surface area (Å²) in [5.41, 5.74) is 2.05. The zero-order chi connectivity index (χ0) is 14.7. The van der Waals surface area contributed by atoms with Crippen molar-refractivity contribution in [2.24, 2.45) is 0 Å². The van der Waals surface area contributed by atoms with E-state index in [0.29, 0.717) is 22.2 Å². The Morgan fingerprint density at radius 3 is 2.75 bits per heavy atom. The van der Waals surface area contributed by atoms with Crippen LogP contribution >= 0.6 is 27.5 Å². The number of benzene rings is 1. The van der Waals surface area contributed by atoms with Crippen LogP contribution in [-0.4, -0.2) is 9.97 Å². The van der Waals surface area contributed by atoms with Gasteiger partial charge in [-0.25, -0.2) is 9.97 Å². The number of anilines is 2. The van der Waals surface area contributed by atoms with Gasteiger partial charge in [0.05, 0.1) is 11.3 Å². The maximum Gasteiger partial charge on any atom is 0.138 e. The van der Waals surface area contributed by atoms with Crippen molar-refractivity contribution in [3.8, 4) is 6.07 Å². The van der Waals surface area contributed by atoms with Crippen LogP contribution in [0, 0.1) is 11.3 Å². The van der Waals surface area contributed by atoms with Gasteiger partial charge >= 0.3 is 0 Å². The lowest BCUT2D eigenvalue weighted by Crippen LogP contribution is -2.04. The highest BCUT2D eigenvalue weighted by atomic mass is 79.9. The molecule has 20 heavy (non-hydrogen) atoms. The first-order chi connectivity index (χ1) is 9.52. The summed E-state index contributed by atoms with van der Waals surface area (Å²) < 4.78 is 0.851. The second-order valence-electron chi connectivity index (χ2n) is 4.51. The number of aromatic nitrogens is 2. The van der Waals surface area contributed by atoms with Crippen molar-refractivity contribution in [3.63, 3.8) is 0 Å². The van der Waals surface area contributed by atoms with Gasteiger partial charge in [0, 0.05) is 10.0 Å². The summed E-state index contributed by atoms with van der Waals surface area (Å²) in [6.45, 7) is 4.03. The predicted molar refractivity (Wildman–Crippen MR) is 83.3 cm³/mol. The molecule has 0 fully saturated rings. The van der Waals surface area contributed by atoms with Gasteiger partial charge in [0.2, 0.25) is 0 Å². The van der Waals surface area contributed by atoms with E-state index < -0.39 is 0 Å². The Morgan fingerprint density at radius 2 is 2.10 bits per heavy atom. The third kappa shape index (κ3) is 3.09. The summed E-state index contributed by atoms with van der Waals surface area (Å²) in [5, 5.41) is 12.8. The van der Waals surface area contributed by atoms with Crippen molar-refractivity contribution in [1.82, 2.24) is 9.97 Å². The van der Waals surface area contributed by atoms with Crippen molar-refractivity contribution in [2.45, 2.75) is 19.8 Å². The van der Waals surface area contributed by atoms with Gasteiger partial charge in [-0.3, -0.25) is 0 Å². The lowest BCUT2D eigenvalue weighted by atomic mass is 10.1. The van der Waals surface area contributed by atoms with Crippen molar-refractivity contribution in [3.05, 3.63) is 45.3 Å². The Morgan fingerprint density at radius 1 is 1.35 bits per heavy atom. The van der Waals surface area contributed by atoms with Gasteiger partial charge in [0.1, 0.15) is 23.4 Å². The van der Waals surface area contributed by atoms with E-state index in [1.54, 1.807) is 6.07 Å². The molecular formula is C14H12BrClN4. The quantitative estimate of drug-likeness (QED) is 0.819. The van der Waals surface area contributed by atoms with Gasteiger partial charge < -0.3 is 5.32 Å². The zero-order valence-corrected chi connectivity index (χ0v) is 13.3. The highest BCUT2D eigenvalue weighted by Gasteiger charge is 2.14. The van der Waals surface area contributed by atoms with Crippen molar-refractivity contribution in [1.29, 1.82) is 5.26 Å². The van der Waals surface area contributed by atoms with Crippen LogP contribution in [0.4, 0.5) is 11.5 Å². The molecule has 0 aliphatic rings. The molecule has 1 aromatic carbocycles. The zero-order valence-electron chi connectivity index (χ0n) is 11.0. The second kappa shape index (κ2) is 6.21. The minimum absolute atomic E-state index is 0.173. The Hall–Kier alpha value is -1.64. The molecule has 2 rings (SSSR count). The molecule has 102 valence electrons. The van der Waals surface area contributed by atoms with E-state index in [2.05, 4.69) is 37.3 Å². The van der Waals surface area contributed by atoms with Crippen LogP contribution in [0.25, 0.3) is 0 Å². The number of hydrogen-bond donors (Lipinski definition) is 1. The van der Waals surface area contributed by atoms with Crippen molar-refractivity contribution in [2.75, 3.05) is 5.32 Å². The van der Waals surface area contributed by atoms with Gasteiger partial charge in [-0.15, -0.1) is 0 Å². The molecular weight excluding hydrogens is 340 g/mol. The molecule has 0 saturated heterocycles. The molecule has 1 N–H and O–H groups in total. The SMILES string of the molecule is CC(C)c1c(Cl)ncnc1Nc1ccc(Br)cc1C#N. The molecule has 4 nitrogen and oxygen atoms in total. The van der Waals surface area contributed by atoms with E-state index in [1.165, 1.54) is 6.33 Å². The minimum atomic E-state index is 0.173. The molecule has 1 aromatic heterocycles. The third-order valence-corrected chi connectivity index (χ3v) is 3.56. The van der Waals surface area contributed by atoms with E-state index >= 15 is 0 Å². The fourth-order valence-electron chi connectivity index (χ4n) is 1.83. The van der Waals surface area contributed by atoms with Crippen LogP contribution in [0.5, 0.6) is 0 Å². The van der Waals surface area contributed by atoms with Crippen LogP contribution < -0.4 is 5.32 Å². The smallest absolute Gasteiger partial charge is 0.138 e. The van der Waals surface area contributed by atoms with Crippen LogP contribution in [0.1, 0.15) is 30.9 Å². The highest BCUT2D eigenvalue weighted by Crippen LogP contribution is 2.31. The standard InChI is InChI=1S/C14H12BrClN4/c1-8(2)12-13(16)18-7-19-14(12)20-11-4-3-10(15)5-9(11)6-17/h3-5,7-8H,1-2H3,(H,18,19,20). The number of halogens is 2. The van der Waals surface area contributed by atoms with Gasteiger partial charge in [0.15, 0.2) is 0 Å². The van der Waals surface area contributed by atoms with E-state index in [0.717, 1.165) is 10.0 Å². The normalized spacial score (nSPS) is 10.4. The molecule has 0 bridgehead atoms. The summed E-state index contributed by atoms with van der Waals surface area (Å²) in [5.74, 6) is 0.797. The first-order valence-electron chi connectivity index (χ1n) is 6.00. The highest BCUT2D eigenvalue weighted by molar-refractivity contribution is 9.10. The average Bonchev–Trinajstić information content (AvgIpc) is 2.40. The lowest BCUT2D eigenvalue weighted by molar-refractivity contribution is 0.850. The Bertz CT molecular complexity index is 679. The molecule has 0 spiro atoms.